The van der Waals surface area contributed by atoms with Crippen LogP contribution in [0.15, 0.2) is 22.8 Å². The summed E-state index contributed by atoms with van der Waals surface area (Å²) in [7, 11) is 0. The van der Waals surface area contributed by atoms with E-state index in [-0.39, 0.29) is 6.54 Å². The first-order valence-corrected chi connectivity index (χ1v) is 6.57. The lowest BCUT2D eigenvalue weighted by molar-refractivity contribution is -0.164. The number of carbonyl (C=O) groups is 1. The minimum Gasteiger partial charge on any atom is -0.467 e. The molecule has 0 unspecified atom stereocenters. The Balaban J connectivity index is 2.06. The van der Waals surface area contributed by atoms with E-state index in [2.05, 4.69) is 5.32 Å². The van der Waals surface area contributed by atoms with Gasteiger partial charge in [0.15, 0.2) is 0 Å². The molecule has 7 heteroatoms. The fourth-order valence-electron chi connectivity index (χ4n) is 2.30. The van der Waals surface area contributed by atoms with Crippen molar-refractivity contribution in [1.82, 2.24) is 10.2 Å². The Bertz CT molecular complexity index is 425. The first kappa shape index (κ1) is 14.9. The third-order valence-electron chi connectivity index (χ3n) is 3.22. The molecule has 2 rings (SSSR count). The molecule has 1 aromatic heterocycles. The summed E-state index contributed by atoms with van der Waals surface area (Å²) < 4.78 is 42.9. The van der Waals surface area contributed by atoms with E-state index >= 15 is 0 Å². The number of carbonyl (C=O) groups excluding carboxylic acids is 1. The van der Waals surface area contributed by atoms with E-state index < -0.39 is 24.7 Å². The molecular weight excluding hydrogens is 273 g/mol. The molecule has 1 saturated heterocycles. The van der Waals surface area contributed by atoms with Gasteiger partial charge in [-0.3, -0.25) is 4.79 Å². The van der Waals surface area contributed by atoms with Crippen LogP contribution in [-0.4, -0.2) is 36.1 Å². The van der Waals surface area contributed by atoms with Crippen LogP contribution in [0.4, 0.5) is 13.2 Å². The number of piperidine rings is 1. The van der Waals surface area contributed by atoms with Crippen molar-refractivity contribution < 1.29 is 22.4 Å². The molecule has 20 heavy (non-hydrogen) atoms. The summed E-state index contributed by atoms with van der Waals surface area (Å²) in [6, 6.07) is 2.62. The number of halogens is 3. The Kier molecular flexibility index (Phi) is 4.69. The third kappa shape index (κ3) is 4.26. The van der Waals surface area contributed by atoms with Crippen molar-refractivity contribution in [3.05, 3.63) is 24.2 Å². The molecule has 2 heterocycles. The zero-order valence-electron chi connectivity index (χ0n) is 10.9. The van der Waals surface area contributed by atoms with Crippen molar-refractivity contribution in [1.29, 1.82) is 0 Å². The van der Waals surface area contributed by atoms with Gasteiger partial charge in [-0.05, 0) is 31.5 Å². The largest absolute Gasteiger partial charge is 0.467 e. The highest BCUT2D eigenvalue weighted by molar-refractivity contribution is 5.82. The minimum absolute atomic E-state index is 0.163. The summed E-state index contributed by atoms with van der Waals surface area (Å²) in [5, 5.41) is 2.98. The predicted octanol–water partition coefficient (Wildman–Crippen LogP) is 2.31. The van der Waals surface area contributed by atoms with Crippen molar-refractivity contribution in [2.45, 2.75) is 38.0 Å². The van der Waals surface area contributed by atoms with Crippen LogP contribution in [0.3, 0.4) is 0 Å². The second-order valence-corrected chi connectivity index (χ2v) is 4.89. The summed E-state index contributed by atoms with van der Waals surface area (Å²) in [5.41, 5.74) is 0. The molecule has 1 aromatic rings. The number of nitrogens with zero attached hydrogens (tertiary/aromatic N) is 1. The molecule has 1 atom stereocenters. The van der Waals surface area contributed by atoms with Gasteiger partial charge in [-0.2, -0.15) is 13.2 Å². The number of alkyl halides is 3. The Morgan fingerprint density at radius 1 is 1.45 bits per heavy atom. The number of nitrogens with one attached hydrogen (secondary N) is 1. The summed E-state index contributed by atoms with van der Waals surface area (Å²) in [4.78, 5) is 13.0. The zero-order valence-corrected chi connectivity index (χ0v) is 10.9. The molecule has 0 aliphatic carbocycles. The van der Waals surface area contributed by atoms with E-state index in [0.29, 0.717) is 18.7 Å². The molecule has 0 saturated carbocycles. The van der Waals surface area contributed by atoms with Gasteiger partial charge in [0.05, 0.1) is 18.8 Å². The maximum atomic E-state index is 12.6. The van der Waals surface area contributed by atoms with Gasteiger partial charge in [0.1, 0.15) is 12.3 Å². The molecule has 1 amide bonds. The summed E-state index contributed by atoms with van der Waals surface area (Å²) in [6.07, 6.45) is -0.669. The normalized spacial score (nSPS) is 19.9. The van der Waals surface area contributed by atoms with Crippen LogP contribution in [0.1, 0.15) is 25.0 Å². The number of hydrogen-bond donors (Lipinski definition) is 1. The topological polar surface area (TPSA) is 45.5 Å². The fourth-order valence-corrected chi connectivity index (χ4v) is 2.30. The van der Waals surface area contributed by atoms with E-state index in [1.807, 2.05) is 0 Å². The van der Waals surface area contributed by atoms with E-state index in [0.717, 1.165) is 17.7 Å². The molecule has 1 fully saturated rings. The summed E-state index contributed by atoms with van der Waals surface area (Å²) in [5.74, 6) is -0.170. The molecule has 112 valence electrons. The van der Waals surface area contributed by atoms with Crippen molar-refractivity contribution in [3.63, 3.8) is 0 Å². The monoisotopic (exact) mass is 290 g/mol. The standard InChI is InChI=1S/C13H17F3N2O2/c14-13(15,16)9-18(8-10-4-3-7-20-10)12(19)11-5-1-2-6-17-11/h3-4,7,11,17H,1-2,5-6,8-9H2/t11-/m0/s1. The maximum Gasteiger partial charge on any atom is 0.406 e. The molecule has 0 spiro atoms. The lowest BCUT2D eigenvalue weighted by Crippen LogP contribution is -2.50. The molecule has 1 aliphatic heterocycles. The second kappa shape index (κ2) is 6.30. The van der Waals surface area contributed by atoms with E-state index in [1.165, 1.54) is 6.26 Å². The highest BCUT2D eigenvalue weighted by Crippen LogP contribution is 2.20. The second-order valence-electron chi connectivity index (χ2n) is 4.89. The van der Waals surface area contributed by atoms with Gasteiger partial charge in [0.25, 0.3) is 0 Å². The smallest absolute Gasteiger partial charge is 0.406 e. The number of hydrogen-bond acceptors (Lipinski definition) is 3. The average molecular weight is 290 g/mol. The Labute approximate surface area is 114 Å². The lowest BCUT2D eigenvalue weighted by atomic mass is 10.0. The molecule has 1 aliphatic rings. The molecule has 0 radical (unpaired) electrons. The van der Waals surface area contributed by atoms with Crippen LogP contribution in [0.5, 0.6) is 0 Å². The predicted molar refractivity (Wildman–Crippen MR) is 65.8 cm³/mol. The van der Waals surface area contributed by atoms with E-state index in [1.54, 1.807) is 12.1 Å². The third-order valence-corrected chi connectivity index (χ3v) is 3.22. The van der Waals surface area contributed by atoms with Gasteiger partial charge in [-0.15, -0.1) is 0 Å². The van der Waals surface area contributed by atoms with Gasteiger partial charge in [0, 0.05) is 0 Å². The van der Waals surface area contributed by atoms with Crippen LogP contribution < -0.4 is 5.32 Å². The van der Waals surface area contributed by atoms with Crippen LogP contribution in [0.2, 0.25) is 0 Å². The Morgan fingerprint density at radius 3 is 2.80 bits per heavy atom. The summed E-state index contributed by atoms with van der Waals surface area (Å²) in [6.45, 7) is -0.759. The number of rotatable bonds is 4. The van der Waals surface area contributed by atoms with Crippen molar-refractivity contribution in [2.24, 2.45) is 0 Å². The first-order chi connectivity index (χ1) is 9.46. The van der Waals surface area contributed by atoms with Crippen molar-refractivity contribution in [2.75, 3.05) is 13.1 Å². The minimum atomic E-state index is -4.42. The SMILES string of the molecule is O=C([C@@H]1CCCCN1)N(Cc1ccco1)CC(F)(F)F. The van der Waals surface area contributed by atoms with Gasteiger partial charge in [-0.1, -0.05) is 6.42 Å². The van der Waals surface area contributed by atoms with Gasteiger partial charge >= 0.3 is 6.18 Å². The highest BCUT2D eigenvalue weighted by atomic mass is 19.4. The van der Waals surface area contributed by atoms with Crippen molar-refractivity contribution >= 4 is 5.91 Å². The van der Waals surface area contributed by atoms with Crippen LogP contribution >= 0.6 is 0 Å². The van der Waals surface area contributed by atoms with Gasteiger partial charge in [-0.25, -0.2) is 0 Å². The van der Waals surface area contributed by atoms with Crippen LogP contribution in [-0.2, 0) is 11.3 Å². The van der Waals surface area contributed by atoms with E-state index in [9.17, 15) is 18.0 Å². The zero-order chi connectivity index (χ0) is 14.6. The van der Waals surface area contributed by atoms with Crippen LogP contribution in [0, 0.1) is 0 Å². The average Bonchev–Trinajstić information content (AvgIpc) is 2.89. The van der Waals surface area contributed by atoms with Gasteiger partial charge in [0.2, 0.25) is 5.91 Å². The molecule has 0 bridgehead atoms. The number of furan rings is 1. The van der Waals surface area contributed by atoms with Gasteiger partial charge < -0.3 is 14.6 Å². The fraction of sp³-hybridized carbons (Fsp3) is 0.615. The first-order valence-electron chi connectivity index (χ1n) is 6.57. The van der Waals surface area contributed by atoms with E-state index in [4.69, 9.17) is 4.42 Å². The summed E-state index contributed by atoms with van der Waals surface area (Å²) >= 11 is 0. The van der Waals surface area contributed by atoms with Crippen LogP contribution in [0.25, 0.3) is 0 Å². The van der Waals surface area contributed by atoms with Crippen molar-refractivity contribution in [3.8, 4) is 0 Å². The molecule has 4 nitrogen and oxygen atoms in total. The molecule has 0 aromatic carbocycles. The number of amides is 1. The Hall–Kier alpha value is -1.50. The quantitative estimate of drug-likeness (QED) is 0.925. The molecular formula is C13H17F3N2O2. The maximum absolute atomic E-state index is 12.6. The lowest BCUT2D eigenvalue weighted by Gasteiger charge is -2.30. The molecule has 1 N–H and O–H groups in total. The highest BCUT2D eigenvalue weighted by Gasteiger charge is 2.36. The Morgan fingerprint density at radius 2 is 2.25 bits per heavy atom.